The number of aliphatic hydroxyl groups excluding tert-OH is 1. The summed E-state index contributed by atoms with van der Waals surface area (Å²) in [4.78, 5) is 22.7. The van der Waals surface area contributed by atoms with Gasteiger partial charge in [-0.05, 0) is 56.4 Å². The summed E-state index contributed by atoms with van der Waals surface area (Å²) in [5, 5.41) is 26.7. The van der Waals surface area contributed by atoms with Gasteiger partial charge in [0.05, 0.1) is 0 Å². The summed E-state index contributed by atoms with van der Waals surface area (Å²) >= 11 is 0. The molecule has 0 bridgehead atoms. The van der Waals surface area contributed by atoms with Crippen molar-refractivity contribution in [1.29, 1.82) is 0 Å². The Labute approximate surface area is 144 Å². The molecule has 1 unspecified atom stereocenters. The highest BCUT2D eigenvalue weighted by molar-refractivity contribution is 5.95. The summed E-state index contributed by atoms with van der Waals surface area (Å²) < 4.78 is 0. The fourth-order valence-electron chi connectivity index (χ4n) is 3.31. The van der Waals surface area contributed by atoms with Crippen molar-refractivity contribution < 1.29 is 24.9 Å². The topological polar surface area (TPSA) is 94.8 Å². The third-order valence-electron chi connectivity index (χ3n) is 4.71. The minimum Gasteiger partial charge on any atom is -0.481 e. The first-order valence-corrected chi connectivity index (χ1v) is 9.29. The lowest BCUT2D eigenvalue weighted by Crippen LogP contribution is -2.12. The highest BCUT2D eigenvalue weighted by Gasteiger charge is 2.15. The van der Waals surface area contributed by atoms with Gasteiger partial charge in [0.15, 0.2) is 12.1 Å². The molecular weight excluding hydrogens is 308 g/mol. The monoisotopic (exact) mass is 340 g/mol. The summed E-state index contributed by atoms with van der Waals surface area (Å²) in [5.74, 6) is -0.496. The highest BCUT2D eigenvalue weighted by atomic mass is 16.5. The Hall–Kier alpha value is -1.20. The number of aliphatic hydroxyl groups is 2. The van der Waals surface area contributed by atoms with E-state index in [4.69, 9.17) is 15.3 Å². The summed E-state index contributed by atoms with van der Waals surface area (Å²) in [5.41, 5.74) is 1.03. The maximum Gasteiger partial charge on any atom is 0.303 e. The van der Waals surface area contributed by atoms with Crippen LogP contribution < -0.4 is 0 Å². The van der Waals surface area contributed by atoms with Crippen LogP contribution in [0, 0.1) is 5.92 Å². The molecule has 0 aromatic rings. The molecule has 1 rings (SSSR count). The Bertz CT molecular complexity index is 414. The molecule has 138 valence electrons. The minimum atomic E-state index is -1.35. The lowest BCUT2D eigenvalue weighted by molar-refractivity contribution is -0.138. The van der Waals surface area contributed by atoms with Gasteiger partial charge in [-0.15, -0.1) is 0 Å². The van der Waals surface area contributed by atoms with Crippen LogP contribution in [0.4, 0.5) is 0 Å². The molecule has 0 spiro atoms. The number of hydrogen-bond donors (Lipinski definition) is 3. The van der Waals surface area contributed by atoms with E-state index in [2.05, 4.69) is 6.08 Å². The number of carboxylic acids is 1. The normalized spacial score (nSPS) is 15.5. The van der Waals surface area contributed by atoms with Gasteiger partial charge in [0, 0.05) is 12.8 Å². The third kappa shape index (κ3) is 9.83. The Morgan fingerprint density at radius 1 is 1.00 bits per heavy atom. The number of carboxylic acid groups (broad SMARTS) is 1. The Morgan fingerprint density at radius 3 is 2.33 bits per heavy atom. The predicted molar refractivity (Wildman–Crippen MR) is 92.5 cm³/mol. The van der Waals surface area contributed by atoms with Gasteiger partial charge < -0.3 is 15.3 Å². The fourth-order valence-corrected chi connectivity index (χ4v) is 3.31. The van der Waals surface area contributed by atoms with Gasteiger partial charge in [-0.2, -0.15) is 0 Å². The van der Waals surface area contributed by atoms with Gasteiger partial charge >= 0.3 is 5.97 Å². The van der Waals surface area contributed by atoms with E-state index in [9.17, 15) is 9.59 Å². The first kappa shape index (κ1) is 20.8. The molecule has 0 heterocycles. The molecule has 0 radical (unpaired) electrons. The molecule has 0 fully saturated rings. The molecule has 0 aromatic heterocycles. The van der Waals surface area contributed by atoms with Crippen molar-refractivity contribution in [2.24, 2.45) is 5.92 Å². The Morgan fingerprint density at radius 2 is 1.71 bits per heavy atom. The van der Waals surface area contributed by atoms with Crippen molar-refractivity contribution in [2.75, 3.05) is 0 Å². The van der Waals surface area contributed by atoms with Crippen molar-refractivity contribution in [2.45, 2.75) is 89.8 Å². The largest absolute Gasteiger partial charge is 0.481 e. The van der Waals surface area contributed by atoms with Crippen LogP contribution in [0.5, 0.6) is 0 Å². The number of aliphatic carboxylic acids is 1. The van der Waals surface area contributed by atoms with Crippen LogP contribution in [0.1, 0.15) is 83.5 Å². The van der Waals surface area contributed by atoms with E-state index < -0.39 is 12.3 Å². The molecule has 5 nitrogen and oxygen atoms in total. The van der Waals surface area contributed by atoms with Gasteiger partial charge in [0.2, 0.25) is 0 Å². The highest BCUT2D eigenvalue weighted by Crippen LogP contribution is 2.22. The van der Waals surface area contributed by atoms with Gasteiger partial charge in [0.1, 0.15) is 0 Å². The molecule has 1 atom stereocenters. The number of carbonyl (C=O) groups is 2. The van der Waals surface area contributed by atoms with E-state index in [0.29, 0.717) is 18.6 Å². The minimum absolute atomic E-state index is 0.0141. The molecular formula is C19H32O5. The van der Waals surface area contributed by atoms with Gasteiger partial charge in [-0.25, -0.2) is 0 Å². The Kier molecular flexibility index (Phi) is 10.6. The van der Waals surface area contributed by atoms with Gasteiger partial charge in [-0.3, -0.25) is 9.59 Å². The molecule has 0 aromatic carbocycles. The zero-order valence-corrected chi connectivity index (χ0v) is 14.6. The van der Waals surface area contributed by atoms with Crippen LogP contribution in [-0.2, 0) is 9.59 Å². The molecule has 0 amide bonds. The standard InChI is InChI=1S/C19H32O5/c20-17(16-9-6-7-10-16)11-5-3-1-2-4-8-15(14-19(23)24)12-13-18(21)22/h9,15,18,21-22H,1-8,10-14H2,(H,23,24). The van der Waals surface area contributed by atoms with E-state index in [0.717, 1.165) is 63.4 Å². The van der Waals surface area contributed by atoms with E-state index >= 15 is 0 Å². The molecule has 3 N–H and O–H groups in total. The zero-order valence-electron chi connectivity index (χ0n) is 14.6. The van der Waals surface area contributed by atoms with E-state index in [1.165, 1.54) is 0 Å². The van der Waals surface area contributed by atoms with Crippen molar-refractivity contribution in [3.8, 4) is 0 Å². The third-order valence-corrected chi connectivity index (χ3v) is 4.71. The van der Waals surface area contributed by atoms with Crippen molar-refractivity contribution >= 4 is 11.8 Å². The predicted octanol–water partition coefficient (Wildman–Crippen LogP) is 3.58. The first-order chi connectivity index (χ1) is 11.5. The molecule has 24 heavy (non-hydrogen) atoms. The number of allylic oxidation sites excluding steroid dienone is 2. The summed E-state index contributed by atoms with van der Waals surface area (Å²) in [6, 6.07) is 0. The number of hydrogen-bond acceptors (Lipinski definition) is 4. The average molecular weight is 340 g/mol. The second-order valence-electron chi connectivity index (χ2n) is 6.87. The van der Waals surface area contributed by atoms with Gasteiger partial charge in [0.25, 0.3) is 0 Å². The summed E-state index contributed by atoms with van der Waals surface area (Å²) in [6.07, 6.45) is 11.2. The number of Topliss-reactive ketones (excluding diaryl/α,β-unsaturated/α-hetero) is 1. The second kappa shape index (κ2) is 12.2. The molecule has 1 aliphatic carbocycles. The lowest BCUT2D eigenvalue weighted by atomic mass is 9.92. The van der Waals surface area contributed by atoms with E-state index in [1.807, 2.05) is 0 Å². The van der Waals surface area contributed by atoms with Crippen molar-refractivity contribution in [3.63, 3.8) is 0 Å². The van der Waals surface area contributed by atoms with Crippen LogP contribution in [0.15, 0.2) is 11.6 Å². The smallest absolute Gasteiger partial charge is 0.303 e. The Balaban J connectivity index is 2.05. The zero-order chi connectivity index (χ0) is 17.8. The van der Waals surface area contributed by atoms with E-state index in [1.54, 1.807) is 0 Å². The number of unbranched alkanes of at least 4 members (excludes halogenated alkanes) is 4. The average Bonchev–Trinajstić information content (AvgIpc) is 3.05. The maximum atomic E-state index is 11.9. The SMILES string of the molecule is O=C(O)CC(CCCCCCCC(=O)C1=CCCC1)CCC(O)O. The van der Waals surface area contributed by atoms with Crippen molar-refractivity contribution in [3.05, 3.63) is 11.6 Å². The number of ketones is 1. The van der Waals surface area contributed by atoms with E-state index in [-0.39, 0.29) is 18.8 Å². The van der Waals surface area contributed by atoms with Crippen LogP contribution in [0.2, 0.25) is 0 Å². The fraction of sp³-hybridized carbons (Fsp3) is 0.789. The summed E-state index contributed by atoms with van der Waals surface area (Å²) in [7, 11) is 0. The van der Waals surface area contributed by atoms with Crippen LogP contribution in [-0.4, -0.2) is 33.4 Å². The molecule has 1 aliphatic rings. The van der Waals surface area contributed by atoms with Crippen LogP contribution in [0.3, 0.4) is 0 Å². The number of rotatable bonds is 14. The molecule has 0 saturated heterocycles. The quantitative estimate of drug-likeness (QED) is 0.332. The molecule has 0 saturated carbocycles. The second-order valence-corrected chi connectivity index (χ2v) is 6.87. The van der Waals surface area contributed by atoms with Crippen LogP contribution in [0.25, 0.3) is 0 Å². The number of carbonyl (C=O) groups excluding carboxylic acids is 1. The molecule has 5 heteroatoms. The maximum absolute atomic E-state index is 11.9. The lowest BCUT2D eigenvalue weighted by Gasteiger charge is -2.15. The summed E-state index contributed by atoms with van der Waals surface area (Å²) in [6.45, 7) is 0. The first-order valence-electron chi connectivity index (χ1n) is 9.29. The van der Waals surface area contributed by atoms with Crippen LogP contribution >= 0.6 is 0 Å². The molecule has 0 aliphatic heterocycles. The van der Waals surface area contributed by atoms with Gasteiger partial charge in [-0.1, -0.05) is 31.8 Å². The van der Waals surface area contributed by atoms with Crippen molar-refractivity contribution in [1.82, 2.24) is 0 Å².